The molecule has 0 rings (SSSR count). The van der Waals surface area contributed by atoms with E-state index in [2.05, 4.69) is 55.1 Å². The minimum Gasteiger partial charge on any atom is -0.369 e. The smallest absolute Gasteiger partial charge is 0.129 e. The first-order valence-electron chi connectivity index (χ1n) is 6.24. The van der Waals surface area contributed by atoms with Crippen LogP contribution in [0.4, 0.5) is 0 Å². The zero-order chi connectivity index (χ0) is 13.0. The van der Waals surface area contributed by atoms with Gasteiger partial charge in [0.05, 0.1) is 0 Å². The molecule has 0 amide bonds. The van der Waals surface area contributed by atoms with E-state index in [9.17, 15) is 0 Å². The molecule has 0 aromatic rings. The number of allylic oxidation sites excluding steroid dienone is 2. The second-order valence-electron chi connectivity index (χ2n) is 4.76. The molecule has 0 bridgehead atoms. The van der Waals surface area contributed by atoms with E-state index in [0.717, 1.165) is 25.9 Å². The van der Waals surface area contributed by atoms with Crippen LogP contribution in [-0.4, -0.2) is 21.3 Å². The summed E-state index contributed by atoms with van der Waals surface area (Å²) < 4.78 is 5.12. The zero-order valence-electron chi connectivity index (χ0n) is 11.6. The van der Waals surface area contributed by atoms with Crippen molar-refractivity contribution >= 4 is 8.07 Å². The van der Waals surface area contributed by atoms with E-state index in [1.807, 2.05) is 6.92 Å². The van der Waals surface area contributed by atoms with Gasteiger partial charge in [-0.05, 0) is 13.3 Å². The molecule has 0 aromatic heterocycles. The third kappa shape index (κ3) is 15.0. The fourth-order valence-electron chi connectivity index (χ4n) is 1.02. The van der Waals surface area contributed by atoms with Gasteiger partial charge in [-0.15, -0.1) is 17.4 Å². The van der Waals surface area contributed by atoms with Crippen LogP contribution in [0.15, 0.2) is 12.2 Å². The Morgan fingerprint density at radius 2 is 1.82 bits per heavy atom. The Morgan fingerprint density at radius 1 is 1.06 bits per heavy atom. The van der Waals surface area contributed by atoms with Crippen LogP contribution in [0.2, 0.25) is 19.6 Å². The van der Waals surface area contributed by atoms with Crippen LogP contribution in [0.5, 0.6) is 0 Å². The molecule has 0 aromatic carbocycles. The van der Waals surface area contributed by atoms with Crippen molar-refractivity contribution in [1.82, 2.24) is 0 Å². The minimum absolute atomic E-state index is 0.557. The lowest BCUT2D eigenvalue weighted by Crippen LogP contribution is -2.16. The van der Waals surface area contributed by atoms with E-state index in [4.69, 9.17) is 4.74 Å². The van der Waals surface area contributed by atoms with Crippen LogP contribution in [0.3, 0.4) is 0 Å². The Bertz CT molecular complexity index is 328. The number of rotatable bonds is 5. The fourth-order valence-corrected chi connectivity index (χ4v) is 1.66. The summed E-state index contributed by atoms with van der Waals surface area (Å²) in [5.41, 5.74) is 3.34. The Morgan fingerprint density at radius 3 is 2.47 bits per heavy atom. The summed E-state index contributed by atoms with van der Waals surface area (Å²) >= 11 is 0. The average molecular weight is 248 g/mol. The molecule has 0 atom stereocenters. The summed E-state index contributed by atoms with van der Waals surface area (Å²) in [4.78, 5) is 0. The first kappa shape index (κ1) is 16.0. The number of hydrogen-bond acceptors (Lipinski definition) is 1. The topological polar surface area (TPSA) is 9.23 Å². The van der Waals surface area contributed by atoms with Crippen molar-refractivity contribution in [2.24, 2.45) is 0 Å². The predicted octanol–water partition coefficient (Wildman–Crippen LogP) is 3.63. The van der Waals surface area contributed by atoms with Crippen molar-refractivity contribution in [2.75, 3.05) is 13.2 Å². The monoisotopic (exact) mass is 248 g/mol. The molecule has 94 valence electrons. The van der Waals surface area contributed by atoms with Gasteiger partial charge in [0.1, 0.15) is 14.7 Å². The molecule has 0 saturated carbocycles. The number of ether oxygens (including phenoxy) is 1. The van der Waals surface area contributed by atoms with Crippen molar-refractivity contribution in [3.05, 3.63) is 12.2 Å². The number of hydrogen-bond donors (Lipinski definition) is 0. The number of unbranched alkanes of at least 4 members (excludes halogenated alkanes) is 1. The maximum Gasteiger partial charge on any atom is 0.129 e. The Hall–Kier alpha value is -0.963. The molecule has 0 saturated heterocycles. The van der Waals surface area contributed by atoms with Gasteiger partial charge in [0.2, 0.25) is 0 Å². The summed E-state index contributed by atoms with van der Waals surface area (Å²) in [7, 11) is -1.18. The maximum absolute atomic E-state index is 5.12. The summed E-state index contributed by atoms with van der Waals surface area (Å²) in [5.74, 6) is 9.27. The second kappa shape index (κ2) is 10.2. The van der Waals surface area contributed by atoms with Crippen molar-refractivity contribution < 1.29 is 4.74 Å². The summed E-state index contributed by atoms with van der Waals surface area (Å²) in [5, 5.41) is 0. The standard InChI is InChI=1S/C15H24OSi/c1-5-16-14-12-10-8-6-7-9-11-13-15-17(2,3)4/h7,9H,5-6,8,11,14H2,1-4H3/b9-7-. The molecule has 0 aliphatic heterocycles. The highest BCUT2D eigenvalue weighted by Gasteiger charge is 2.06. The van der Waals surface area contributed by atoms with E-state index >= 15 is 0 Å². The zero-order valence-corrected chi connectivity index (χ0v) is 12.6. The molecule has 2 heteroatoms. The van der Waals surface area contributed by atoms with Crippen LogP contribution in [0, 0.1) is 23.3 Å². The molecule has 0 radical (unpaired) electrons. The van der Waals surface area contributed by atoms with E-state index in [1.54, 1.807) is 0 Å². The van der Waals surface area contributed by atoms with E-state index in [1.165, 1.54) is 0 Å². The molecule has 0 heterocycles. The normalized spacial score (nSPS) is 10.6. The second-order valence-corrected chi connectivity index (χ2v) is 9.51. The van der Waals surface area contributed by atoms with Gasteiger partial charge in [-0.3, -0.25) is 0 Å². The lowest BCUT2D eigenvalue weighted by Gasteiger charge is -2.02. The quantitative estimate of drug-likeness (QED) is 0.312. The van der Waals surface area contributed by atoms with Crippen molar-refractivity contribution in [3.8, 4) is 23.3 Å². The minimum atomic E-state index is -1.18. The Kier molecular flexibility index (Phi) is 9.63. The molecule has 17 heavy (non-hydrogen) atoms. The van der Waals surface area contributed by atoms with Gasteiger partial charge in [0.15, 0.2) is 0 Å². The molecule has 0 aliphatic carbocycles. The molecule has 0 aliphatic rings. The highest BCUT2D eigenvalue weighted by molar-refractivity contribution is 6.83. The lowest BCUT2D eigenvalue weighted by atomic mass is 10.2. The highest BCUT2D eigenvalue weighted by Crippen LogP contribution is 1.97. The van der Waals surface area contributed by atoms with Crippen LogP contribution in [0.1, 0.15) is 26.2 Å². The Labute approximate surface area is 108 Å². The van der Waals surface area contributed by atoms with Gasteiger partial charge in [-0.1, -0.05) is 37.7 Å². The highest BCUT2D eigenvalue weighted by atomic mass is 28.3. The van der Waals surface area contributed by atoms with Gasteiger partial charge < -0.3 is 4.74 Å². The lowest BCUT2D eigenvalue weighted by molar-refractivity contribution is 0.182. The fraction of sp³-hybridized carbons (Fsp3) is 0.600. The molecule has 0 unspecified atom stereocenters. The predicted molar refractivity (Wildman–Crippen MR) is 78.4 cm³/mol. The third-order valence-corrected chi connectivity index (χ3v) is 2.72. The van der Waals surface area contributed by atoms with E-state index in [-0.39, 0.29) is 0 Å². The maximum atomic E-state index is 5.12. The van der Waals surface area contributed by atoms with E-state index < -0.39 is 8.07 Å². The van der Waals surface area contributed by atoms with Crippen LogP contribution < -0.4 is 0 Å². The molecule has 0 spiro atoms. The molecule has 0 fully saturated rings. The molecule has 0 N–H and O–H groups in total. The van der Waals surface area contributed by atoms with Gasteiger partial charge in [0, 0.05) is 19.4 Å². The van der Waals surface area contributed by atoms with Gasteiger partial charge >= 0.3 is 0 Å². The van der Waals surface area contributed by atoms with Crippen LogP contribution in [0.25, 0.3) is 0 Å². The molecule has 1 nitrogen and oxygen atoms in total. The van der Waals surface area contributed by atoms with Crippen LogP contribution >= 0.6 is 0 Å². The molecular formula is C15H24OSi. The first-order chi connectivity index (χ1) is 8.06. The van der Waals surface area contributed by atoms with Gasteiger partial charge in [-0.2, -0.15) is 0 Å². The van der Waals surface area contributed by atoms with Crippen molar-refractivity contribution in [2.45, 2.75) is 45.8 Å². The van der Waals surface area contributed by atoms with Gasteiger partial charge in [-0.25, -0.2) is 0 Å². The van der Waals surface area contributed by atoms with Crippen LogP contribution in [-0.2, 0) is 4.74 Å². The molecular weight excluding hydrogens is 224 g/mol. The first-order valence-corrected chi connectivity index (χ1v) is 9.74. The average Bonchev–Trinajstić information content (AvgIpc) is 2.24. The Balaban J connectivity index is 3.54. The van der Waals surface area contributed by atoms with Crippen molar-refractivity contribution in [3.63, 3.8) is 0 Å². The third-order valence-electron chi connectivity index (χ3n) is 1.79. The summed E-state index contributed by atoms with van der Waals surface area (Å²) in [6, 6.07) is 0. The largest absolute Gasteiger partial charge is 0.369 e. The summed E-state index contributed by atoms with van der Waals surface area (Å²) in [6.07, 6.45) is 7.08. The SMILES string of the molecule is CCOCC#CCC/C=C\CC#C[Si](C)(C)C. The van der Waals surface area contributed by atoms with Crippen molar-refractivity contribution in [1.29, 1.82) is 0 Å². The summed E-state index contributed by atoms with van der Waals surface area (Å²) in [6.45, 7) is 10.1. The van der Waals surface area contributed by atoms with E-state index in [0.29, 0.717) is 6.61 Å². The van der Waals surface area contributed by atoms with Gasteiger partial charge in [0.25, 0.3) is 0 Å².